The molecule has 0 saturated carbocycles. The maximum Gasteiger partial charge on any atom is 0.303 e. The summed E-state index contributed by atoms with van der Waals surface area (Å²) >= 11 is 0. The first-order valence-corrected chi connectivity index (χ1v) is 5.08. The highest BCUT2D eigenvalue weighted by Gasteiger charge is 2.09. The fraction of sp³-hybridized carbons (Fsp3) is 0.400. The molecule has 0 aliphatic carbocycles. The number of carboxylic acids is 1. The number of hydrogen-bond acceptors (Lipinski definition) is 5. The highest BCUT2D eigenvalue weighted by atomic mass is 16.6. The highest BCUT2D eigenvalue weighted by Crippen LogP contribution is 2.15. The third-order valence-corrected chi connectivity index (χ3v) is 2.14. The number of pyridine rings is 1. The average Bonchev–Trinajstić information content (AvgIpc) is 2.26. The standard InChI is InChI=1S/C10H13N3O4/c1-7(2-3-10(14)15)12-9-6-8(13(16)17)4-5-11-9/h4-7H,2-3H2,1H3,(H,11,12)(H,14,15). The van der Waals surface area contributed by atoms with Crippen molar-refractivity contribution < 1.29 is 14.8 Å². The Morgan fingerprint density at radius 3 is 3.00 bits per heavy atom. The summed E-state index contributed by atoms with van der Waals surface area (Å²) in [6.07, 6.45) is 1.81. The van der Waals surface area contributed by atoms with Crippen LogP contribution in [0.15, 0.2) is 18.3 Å². The number of hydrogen-bond donors (Lipinski definition) is 2. The summed E-state index contributed by atoms with van der Waals surface area (Å²) in [5, 5.41) is 22.0. The fourth-order valence-corrected chi connectivity index (χ4v) is 1.28. The summed E-state index contributed by atoms with van der Waals surface area (Å²) in [7, 11) is 0. The normalized spacial score (nSPS) is 11.8. The topological polar surface area (TPSA) is 105 Å². The van der Waals surface area contributed by atoms with Crippen molar-refractivity contribution in [1.29, 1.82) is 0 Å². The lowest BCUT2D eigenvalue weighted by atomic mass is 10.2. The zero-order valence-electron chi connectivity index (χ0n) is 9.29. The van der Waals surface area contributed by atoms with E-state index in [9.17, 15) is 14.9 Å². The maximum absolute atomic E-state index is 10.5. The van der Waals surface area contributed by atoms with E-state index in [-0.39, 0.29) is 18.2 Å². The summed E-state index contributed by atoms with van der Waals surface area (Å²) in [4.78, 5) is 24.3. The molecular formula is C10H13N3O4. The summed E-state index contributed by atoms with van der Waals surface area (Å²) in [5.41, 5.74) is -0.0482. The number of aliphatic carboxylic acids is 1. The molecule has 1 rings (SSSR count). The van der Waals surface area contributed by atoms with Gasteiger partial charge in [-0.15, -0.1) is 0 Å². The van der Waals surface area contributed by atoms with E-state index in [1.807, 2.05) is 0 Å². The Balaban J connectivity index is 2.58. The second-order valence-electron chi connectivity index (χ2n) is 3.63. The van der Waals surface area contributed by atoms with Crippen molar-refractivity contribution >= 4 is 17.5 Å². The van der Waals surface area contributed by atoms with Crippen molar-refractivity contribution in [3.05, 3.63) is 28.4 Å². The number of aromatic nitrogens is 1. The van der Waals surface area contributed by atoms with Gasteiger partial charge in [0.05, 0.1) is 11.0 Å². The molecule has 7 heteroatoms. The minimum absolute atomic E-state index is 0.0447. The van der Waals surface area contributed by atoms with Crippen molar-refractivity contribution in [1.82, 2.24) is 4.98 Å². The van der Waals surface area contributed by atoms with E-state index >= 15 is 0 Å². The van der Waals surface area contributed by atoms with Gasteiger partial charge in [0, 0.05) is 24.7 Å². The van der Waals surface area contributed by atoms with Crippen molar-refractivity contribution in [2.45, 2.75) is 25.8 Å². The first kappa shape index (κ1) is 12.9. The Morgan fingerprint density at radius 1 is 1.71 bits per heavy atom. The van der Waals surface area contributed by atoms with Gasteiger partial charge in [-0.25, -0.2) is 4.98 Å². The van der Waals surface area contributed by atoms with E-state index in [4.69, 9.17) is 5.11 Å². The first-order valence-electron chi connectivity index (χ1n) is 5.08. The lowest BCUT2D eigenvalue weighted by Gasteiger charge is -2.12. The van der Waals surface area contributed by atoms with Crippen LogP contribution >= 0.6 is 0 Å². The number of nitro groups is 1. The number of carboxylic acid groups (broad SMARTS) is 1. The third kappa shape index (κ3) is 4.45. The predicted molar refractivity (Wildman–Crippen MR) is 60.8 cm³/mol. The van der Waals surface area contributed by atoms with Crippen LogP contribution in [0.4, 0.5) is 11.5 Å². The van der Waals surface area contributed by atoms with Crippen LogP contribution in [0.5, 0.6) is 0 Å². The second kappa shape index (κ2) is 5.78. The second-order valence-corrected chi connectivity index (χ2v) is 3.63. The third-order valence-electron chi connectivity index (χ3n) is 2.14. The van der Waals surface area contributed by atoms with Gasteiger partial charge in [-0.3, -0.25) is 14.9 Å². The molecule has 1 heterocycles. The molecule has 92 valence electrons. The lowest BCUT2D eigenvalue weighted by Crippen LogP contribution is -2.17. The van der Waals surface area contributed by atoms with Gasteiger partial charge >= 0.3 is 5.97 Å². The minimum atomic E-state index is -0.870. The molecule has 0 saturated heterocycles. The summed E-state index contributed by atoms with van der Waals surface area (Å²) in [5.74, 6) is -0.497. The monoisotopic (exact) mass is 239 g/mol. The molecule has 0 bridgehead atoms. The average molecular weight is 239 g/mol. The van der Waals surface area contributed by atoms with Crippen molar-refractivity contribution in [2.75, 3.05) is 5.32 Å². The molecule has 1 unspecified atom stereocenters. The van der Waals surface area contributed by atoms with Crippen molar-refractivity contribution in [3.63, 3.8) is 0 Å². The van der Waals surface area contributed by atoms with Gasteiger partial charge in [0.1, 0.15) is 5.82 Å². The zero-order chi connectivity index (χ0) is 12.8. The molecule has 1 aromatic rings. The van der Waals surface area contributed by atoms with Gasteiger partial charge in [-0.05, 0) is 13.3 Å². The first-order chi connectivity index (χ1) is 7.99. The van der Waals surface area contributed by atoms with Crippen LogP contribution in [-0.2, 0) is 4.79 Å². The van der Waals surface area contributed by atoms with Crippen molar-refractivity contribution in [3.8, 4) is 0 Å². The largest absolute Gasteiger partial charge is 0.481 e. The van der Waals surface area contributed by atoms with Gasteiger partial charge in [-0.1, -0.05) is 0 Å². The number of anilines is 1. The molecule has 2 N–H and O–H groups in total. The van der Waals surface area contributed by atoms with Crippen LogP contribution < -0.4 is 5.32 Å². The van der Waals surface area contributed by atoms with Crippen molar-refractivity contribution in [2.24, 2.45) is 0 Å². The van der Waals surface area contributed by atoms with Crippen LogP contribution in [0, 0.1) is 10.1 Å². The summed E-state index contributed by atoms with van der Waals surface area (Å²) in [6.45, 7) is 1.80. The van der Waals surface area contributed by atoms with Crippen LogP contribution in [0.3, 0.4) is 0 Å². The number of carbonyl (C=O) groups is 1. The Labute approximate surface area is 97.6 Å². The highest BCUT2D eigenvalue weighted by molar-refractivity contribution is 5.66. The molecular weight excluding hydrogens is 226 g/mol. The van der Waals surface area contributed by atoms with E-state index in [2.05, 4.69) is 10.3 Å². The molecule has 0 aromatic carbocycles. The molecule has 0 spiro atoms. The SMILES string of the molecule is CC(CCC(=O)O)Nc1cc([N+](=O)[O-])ccn1. The van der Waals surface area contributed by atoms with E-state index in [0.717, 1.165) is 0 Å². The molecule has 1 aromatic heterocycles. The van der Waals surface area contributed by atoms with Crippen LogP contribution in [0.2, 0.25) is 0 Å². The molecule has 0 aliphatic heterocycles. The summed E-state index contributed by atoms with van der Waals surface area (Å²) in [6, 6.07) is 2.50. The Morgan fingerprint density at radius 2 is 2.41 bits per heavy atom. The molecule has 0 radical (unpaired) electrons. The Bertz CT molecular complexity index is 422. The number of nitrogens with one attached hydrogen (secondary N) is 1. The smallest absolute Gasteiger partial charge is 0.303 e. The van der Waals surface area contributed by atoms with Crippen LogP contribution in [-0.4, -0.2) is 27.0 Å². The van der Waals surface area contributed by atoms with E-state index in [1.165, 1.54) is 18.3 Å². The minimum Gasteiger partial charge on any atom is -0.481 e. The molecule has 0 amide bonds. The molecule has 7 nitrogen and oxygen atoms in total. The van der Waals surface area contributed by atoms with Gasteiger partial charge < -0.3 is 10.4 Å². The molecule has 17 heavy (non-hydrogen) atoms. The molecule has 0 aliphatic rings. The maximum atomic E-state index is 10.5. The van der Waals surface area contributed by atoms with Gasteiger partial charge in [0.25, 0.3) is 5.69 Å². The van der Waals surface area contributed by atoms with Gasteiger partial charge in [0.15, 0.2) is 0 Å². The number of rotatable bonds is 6. The fourth-order valence-electron chi connectivity index (χ4n) is 1.28. The van der Waals surface area contributed by atoms with E-state index in [0.29, 0.717) is 12.2 Å². The predicted octanol–water partition coefficient (Wildman–Crippen LogP) is 1.65. The van der Waals surface area contributed by atoms with E-state index in [1.54, 1.807) is 6.92 Å². The molecule has 0 fully saturated rings. The van der Waals surface area contributed by atoms with Gasteiger partial charge in [-0.2, -0.15) is 0 Å². The van der Waals surface area contributed by atoms with Crippen LogP contribution in [0.1, 0.15) is 19.8 Å². The Hall–Kier alpha value is -2.18. The van der Waals surface area contributed by atoms with E-state index < -0.39 is 10.9 Å². The number of nitrogens with zero attached hydrogens (tertiary/aromatic N) is 2. The summed E-state index contributed by atoms with van der Waals surface area (Å²) < 4.78 is 0. The quantitative estimate of drug-likeness (QED) is 0.577. The molecule has 1 atom stereocenters. The Kier molecular flexibility index (Phi) is 4.38. The van der Waals surface area contributed by atoms with Crippen LogP contribution in [0.25, 0.3) is 0 Å². The van der Waals surface area contributed by atoms with Gasteiger partial charge in [0.2, 0.25) is 0 Å². The zero-order valence-corrected chi connectivity index (χ0v) is 9.29. The lowest BCUT2D eigenvalue weighted by molar-refractivity contribution is -0.384.